The van der Waals surface area contributed by atoms with Crippen LogP contribution in [0.3, 0.4) is 0 Å². The van der Waals surface area contributed by atoms with Crippen LogP contribution in [0, 0.1) is 11.6 Å². The van der Waals surface area contributed by atoms with Crippen molar-refractivity contribution < 1.29 is 88.5 Å². The molecule has 2 fully saturated rings. The van der Waals surface area contributed by atoms with Crippen molar-refractivity contribution in [3.05, 3.63) is 89.6 Å². The zero-order valence-electron chi connectivity index (χ0n) is 33.8. The molecule has 0 bridgehead atoms. The average molecular weight is 1030 g/mol. The van der Waals surface area contributed by atoms with Gasteiger partial charge in [-0.05, 0) is 105 Å². The van der Waals surface area contributed by atoms with E-state index >= 15 is 0 Å². The second-order valence-corrected chi connectivity index (χ2v) is 16.0. The number of rotatable bonds is 10. The van der Waals surface area contributed by atoms with Crippen LogP contribution in [0.1, 0.15) is 48.4 Å². The van der Waals surface area contributed by atoms with Crippen LogP contribution < -0.4 is 50.5 Å². The van der Waals surface area contributed by atoms with Crippen molar-refractivity contribution in [1.29, 1.82) is 0 Å². The van der Waals surface area contributed by atoms with Gasteiger partial charge < -0.3 is 37.7 Å². The number of imide groups is 2. The minimum Gasteiger partial charge on any atom is -1.00 e. The molecule has 4 heterocycles. The Hall–Kier alpha value is -4.63. The predicted octanol–water partition coefficient (Wildman–Crippen LogP) is 2.55. The SMILES string of the molecule is CC(Oc1cc(/C=C2\SC(=O)N(C)C2=O)c(Br)c(F)c1O)C(=O)c1cnc(N)nc1.CC(Oc1cc(/C=C2\SC(=O)N(C)C2=O)c(Br)c(F)c1O)C(O)c1cnc(N)nc1.[B].[H-].[Na+]. The van der Waals surface area contributed by atoms with Crippen LogP contribution in [0.25, 0.3) is 12.2 Å². The number of carbonyl (C=O) groups excluding carboxylic acids is 5. The molecule has 2 aliphatic heterocycles. The molecule has 319 valence electrons. The van der Waals surface area contributed by atoms with E-state index in [9.17, 15) is 48.1 Å². The molecule has 7 N–H and O–H groups in total. The first kappa shape index (κ1) is 51.7. The maximum absolute atomic E-state index is 14.5. The first-order valence-electron chi connectivity index (χ1n) is 16.8. The molecule has 18 nitrogen and oxygen atoms in total. The van der Waals surface area contributed by atoms with E-state index < -0.39 is 69.5 Å². The number of ketones is 1. The minimum absolute atomic E-state index is 0. The number of nitrogens with zero attached hydrogens (tertiary/aromatic N) is 6. The fourth-order valence-electron chi connectivity index (χ4n) is 4.97. The van der Waals surface area contributed by atoms with E-state index in [-0.39, 0.29) is 98.2 Å². The third kappa shape index (κ3) is 11.5. The molecule has 6 rings (SSSR count). The number of benzene rings is 2. The number of anilines is 2. The third-order valence-corrected chi connectivity index (χ3v) is 11.8. The summed E-state index contributed by atoms with van der Waals surface area (Å²) in [6, 6.07) is 2.53. The number of hydrogen-bond acceptors (Lipinski definition) is 18. The van der Waals surface area contributed by atoms with Gasteiger partial charge in [0.05, 0.1) is 24.3 Å². The summed E-state index contributed by atoms with van der Waals surface area (Å²) in [5.74, 6) is -5.83. The molecule has 2 aromatic heterocycles. The van der Waals surface area contributed by atoms with Crippen molar-refractivity contribution in [1.82, 2.24) is 29.7 Å². The first-order valence-corrected chi connectivity index (χ1v) is 20.0. The fraction of sp³-hybridized carbons (Fsp3) is 0.194. The quantitative estimate of drug-likeness (QED) is 0.0867. The number of aromatic nitrogens is 4. The van der Waals surface area contributed by atoms with Crippen molar-refractivity contribution in [3.8, 4) is 23.0 Å². The van der Waals surface area contributed by atoms with Crippen molar-refractivity contribution in [2.24, 2.45) is 0 Å². The van der Waals surface area contributed by atoms with Crippen molar-refractivity contribution in [3.63, 3.8) is 0 Å². The predicted molar refractivity (Wildman–Crippen MR) is 228 cm³/mol. The number of nitrogen functional groups attached to an aromatic ring is 2. The number of phenolic OH excluding ortho intramolecular Hbond substituents is 2. The smallest absolute Gasteiger partial charge is 1.00 e. The summed E-state index contributed by atoms with van der Waals surface area (Å²) in [6.45, 7) is 2.91. The number of aliphatic hydroxyl groups is 1. The second kappa shape index (κ2) is 21.6. The Morgan fingerprint density at radius 2 is 1.18 bits per heavy atom. The number of nitrogens with two attached hydrogens (primary N) is 2. The molecular weight excluding hydrogens is 1000 g/mol. The number of Topliss-reactive ketones (excluding diaryl/α,β-unsaturated/α-hetero) is 1. The van der Waals surface area contributed by atoms with E-state index in [1.54, 1.807) is 0 Å². The molecule has 2 aliphatic rings. The third-order valence-electron chi connectivity index (χ3n) is 8.31. The van der Waals surface area contributed by atoms with E-state index in [0.29, 0.717) is 29.1 Å². The van der Waals surface area contributed by atoms with Gasteiger partial charge in [-0.3, -0.25) is 33.8 Å². The van der Waals surface area contributed by atoms with Gasteiger partial charge in [0.2, 0.25) is 17.7 Å². The largest absolute Gasteiger partial charge is 1.00 e. The van der Waals surface area contributed by atoms with Crippen molar-refractivity contribution in [2.45, 2.75) is 32.2 Å². The standard InChI is InChI=1S/C18H16BrFN4O5S.C18H14BrFN4O5S.B.Na.H/c2*1-7(14(25)9-5-22-17(21)23-6-9)29-10-3-8(12(19)13(20)15(10)26)4-11-16(27)24(2)18(28)30-11;;;/h3-7,14,25-26H,1-2H3,(H2,21,22,23);3-7,26H,1-2H3,(H2,21,22,23);;;/q;;;+1;-1/b2*11-4-;;;. The van der Waals surface area contributed by atoms with Crippen LogP contribution >= 0.6 is 55.4 Å². The monoisotopic (exact) mass is 1030 g/mol. The Balaban J connectivity index is 0.000000414. The van der Waals surface area contributed by atoms with E-state index in [4.69, 9.17) is 20.9 Å². The van der Waals surface area contributed by atoms with Crippen LogP contribution in [0.15, 0.2) is 55.7 Å². The normalized spacial score (nSPS) is 16.3. The van der Waals surface area contributed by atoms with Gasteiger partial charge in [-0.2, -0.15) is 0 Å². The molecule has 3 atom stereocenters. The molecule has 3 unspecified atom stereocenters. The zero-order valence-corrected chi connectivity index (χ0v) is 39.6. The molecule has 2 saturated heterocycles. The fourth-order valence-corrected chi connectivity index (χ4v) is 7.44. The van der Waals surface area contributed by atoms with Crippen molar-refractivity contribution >= 4 is 116 Å². The summed E-state index contributed by atoms with van der Waals surface area (Å²) in [5.41, 5.74) is 11.5. The summed E-state index contributed by atoms with van der Waals surface area (Å²) >= 11 is 7.44. The maximum Gasteiger partial charge on any atom is 1.00 e. The molecule has 62 heavy (non-hydrogen) atoms. The van der Waals surface area contributed by atoms with Gasteiger partial charge in [0.25, 0.3) is 22.3 Å². The van der Waals surface area contributed by atoms with E-state index in [0.717, 1.165) is 9.80 Å². The van der Waals surface area contributed by atoms with Crippen LogP contribution in [-0.2, 0) is 9.59 Å². The number of carbonyl (C=O) groups is 5. The van der Waals surface area contributed by atoms with Crippen LogP contribution in [-0.4, -0.2) is 108 Å². The topological polar surface area (TPSA) is 275 Å². The molecule has 0 aliphatic carbocycles. The number of thioether (sulfide) groups is 2. The Kier molecular flexibility index (Phi) is 18.1. The van der Waals surface area contributed by atoms with Gasteiger partial charge >= 0.3 is 29.6 Å². The summed E-state index contributed by atoms with van der Waals surface area (Å²) in [4.78, 5) is 77.0. The summed E-state index contributed by atoms with van der Waals surface area (Å²) in [7, 11) is 2.66. The molecule has 0 spiro atoms. The van der Waals surface area contributed by atoms with Crippen LogP contribution in [0.4, 0.5) is 30.3 Å². The van der Waals surface area contributed by atoms with Crippen molar-refractivity contribution in [2.75, 3.05) is 25.6 Å². The number of phenols is 2. The van der Waals surface area contributed by atoms with E-state index in [1.807, 2.05) is 0 Å². The molecule has 4 amide bonds. The van der Waals surface area contributed by atoms with Gasteiger partial charge in [0.1, 0.15) is 12.2 Å². The average Bonchev–Trinajstić information content (AvgIpc) is 3.61. The summed E-state index contributed by atoms with van der Waals surface area (Å²) < 4.78 is 39.8. The summed E-state index contributed by atoms with van der Waals surface area (Å²) in [5, 5.41) is 29.7. The Labute approximate surface area is 401 Å². The number of halogens is 4. The number of hydrogen-bond donors (Lipinski definition) is 5. The first-order chi connectivity index (χ1) is 28.2. The molecule has 26 heteroatoms. The Bertz CT molecular complexity index is 2500. The molecule has 3 radical (unpaired) electrons. The van der Waals surface area contributed by atoms with Gasteiger partial charge in [0.15, 0.2) is 40.7 Å². The molecule has 2 aromatic carbocycles. The number of aromatic hydroxyl groups is 2. The van der Waals surface area contributed by atoms with E-state index in [2.05, 4.69) is 51.8 Å². The van der Waals surface area contributed by atoms with Gasteiger partial charge in [-0.15, -0.1) is 0 Å². The van der Waals surface area contributed by atoms with Crippen LogP contribution in [0.5, 0.6) is 23.0 Å². The van der Waals surface area contributed by atoms with E-state index in [1.165, 1.54) is 77.0 Å². The van der Waals surface area contributed by atoms with Gasteiger partial charge in [-0.1, -0.05) is 0 Å². The molecule has 4 aromatic rings. The Morgan fingerprint density at radius 1 is 0.790 bits per heavy atom. The molecular formula is C36H31BBr2F2N8NaO10S2. The van der Waals surface area contributed by atoms with Gasteiger partial charge in [0, 0.05) is 52.9 Å². The zero-order chi connectivity index (χ0) is 44.3. The number of aliphatic hydroxyl groups excluding tert-OH is 1. The molecule has 0 saturated carbocycles. The Morgan fingerprint density at radius 3 is 1.56 bits per heavy atom. The minimum atomic E-state index is -1.20. The second-order valence-electron chi connectivity index (χ2n) is 12.5. The maximum atomic E-state index is 14.5. The number of amides is 4. The van der Waals surface area contributed by atoms with Crippen LogP contribution in [0.2, 0.25) is 0 Å². The number of ether oxygens (including phenoxy) is 2. The summed E-state index contributed by atoms with van der Waals surface area (Å²) in [6.07, 6.45) is 4.42. The number of likely N-dealkylation sites (N-methyl/N-ethyl adjacent to an activating group) is 2. The van der Waals surface area contributed by atoms with Gasteiger partial charge in [-0.25, -0.2) is 28.7 Å².